The number of aromatic nitrogens is 2. The number of nitrogens with one attached hydrogen (secondary N) is 1. The fourth-order valence-electron chi connectivity index (χ4n) is 2.27. The van der Waals surface area contributed by atoms with Crippen molar-refractivity contribution < 1.29 is 9.59 Å². The number of nitrogens with zero attached hydrogens (tertiary/aromatic N) is 2. The maximum atomic E-state index is 11.9. The third-order valence-electron chi connectivity index (χ3n) is 3.14. The molecule has 1 aliphatic heterocycles. The minimum Gasteiger partial charge on any atom is -0.296 e. The second-order valence-corrected chi connectivity index (χ2v) is 5.05. The predicted octanol–water partition coefficient (Wildman–Crippen LogP) is 1.62. The van der Waals surface area contributed by atoms with Crippen molar-refractivity contribution in [3.05, 3.63) is 34.7 Å². The van der Waals surface area contributed by atoms with Gasteiger partial charge in [0.15, 0.2) is 0 Å². The van der Waals surface area contributed by atoms with Gasteiger partial charge in [-0.05, 0) is 28.4 Å². The van der Waals surface area contributed by atoms with E-state index < -0.39 is 0 Å². The number of hydrogen-bond donors (Lipinski definition) is 1. The molecule has 0 bridgehead atoms. The van der Waals surface area contributed by atoms with E-state index in [4.69, 9.17) is 0 Å². The standard InChI is InChI=1S/C12H10BrN3O2/c13-9-3-1-7(11-14-5-6-16(9)11)8-2-4-10(17)15-12(8)18/h1,3,5-6,8H,2,4H2,(H,15,17,18). The molecule has 1 fully saturated rings. The molecule has 2 amide bonds. The van der Waals surface area contributed by atoms with E-state index in [0.29, 0.717) is 12.8 Å². The normalized spacial score (nSPS) is 20.2. The van der Waals surface area contributed by atoms with Gasteiger partial charge >= 0.3 is 0 Å². The highest BCUT2D eigenvalue weighted by Gasteiger charge is 2.29. The average molecular weight is 308 g/mol. The Balaban J connectivity index is 2.09. The minimum absolute atomic E-state index is 0.201. The summed E-state index contributed by atoms with van der Waals surface area (Å²) in [4.78, 5) is 27.3. The van der Waals surface area contributed by atoms with Crippen LogP contribution in [-0.2, 0) is 9.59 Å². The van der Waals surface area contributed by atoms with Crippen molar-refractivity contribution in [2.24, 2.45) is 0 Å². The second kappa shape index (κ2) is 4.20. The molecule has 3 rings (SSSR count). The van der Waals surface area contributed by atoms with E-state index in [1.165, 1.54) is 0 Å². The van der Waals surface area contributed by atoms with Crippen molar-refractivity contribution in [3.63, 3.8) is 0 Å². The number of carbonyl (C=O) groups is 2. The number of piperidine rings is 1. The zero-order chi connectivity index (χ0) is 12.7. The number of hydrogen-bond acceptors (Lipinski definition) is 3. The fourth-order valence-corrected chi connectivity index (χ4v) is 2.68. The van der Waals surface area contributed by atoms with Crippen LogP contribution in [0.5, 0.6) is 0 Å². The fraction of sp³-hybridized carbons (Fsp3) is 0.250. The van der Waals surface area contributed by atoms with Gasteiger partial charge in [0, 0.05) is 24.4 Å². The van der Waals surface area contributed by atoms with Crippen LogP contribution in [-0.4, -0.2) is 21.2 Å². The molecule has 1 unspecified atom stereocenters. The molecule has 1 aliphatic rings. The lowest BCUT2D eigenvalue weighted by Crippen LogP contribution is -2.39. The number of fused-ring (bicyclic) bond motifs is 1. The summed E-state index contributed by atoms with van der Waals surface area (Å²) in [6, 6.07) is 3.76. The molecule has 2 aromatic rings. The summed E-state index contributed by atoms with van der Waals surface area (Å²) in [5, 5.41) is 2.37. The van der Waals surface area contributed by atoms with Crippen LogP contribution in [0.2, 0.25) is 0 Å². The highest BCUT2D eigenvalue weighted by molar-refractivity contribution is 9.10. The third-order valence-corrected chi connectivity index (χ3v) is 3.79. The number of carbonyl (C=O) groups excluding carboxylic acids is 2. The van der Waals surface area contributed by atoms with Gasteiger partial charge in [-0.25, -0.2) is 4.98 Å². The molecule has 0 aromatic carbocycles. The molecular formula is C12H10BrN3O2. The molecule has 18 heavy (non-hydrogen) atoms. The molecule has 1 saturated heterocycles. The molecule has 6 heteroatoms. The van der Waals surface area contributed by atoms with Gasteiger partial charge in [-0.2, -0.15) is 0 Å². The summed E-state index contributed by atoms with van der Waals surface area (Å²) < 4.78 is 2.75. The molecular weight excluding hydrogens is 298 g/mol. The zero-order valence-electron chi connectivity index (χ0n) is 9.39. The van der Waals surface area contributed by atoms with Gasteiger partial charge in [0.2, 0.25) is 11.8 Å². The Morgan fingerprint density at radius 1 is 1.39 bits per heavy atom. The first kappa shape index (κ1) is 11.4. The summed E-state index contributed by atoms with van der Waals surface area (Å²) in [6.45, 7) is 0. The predicted molar refractivity (Wildman–Crippen MR) is 68.0 cm³/mol. The van der Waals surface area contributed by atoms with E-state index in [9.17, 15) is 9.59 Å². The molecule has 5 nitrogen and oxygen atoms in total. The van der Waals surface area contributed by atoms with Crippen molar-refractivity contribution in [1.82, 2.24) is 14.7 Å². The van der Waals surface area contributed by atoms with E-state index in [2.05, 4.69) is 26.2 Å². The maximum Gasteiger partial charge on any atom is 0.234 e. The molecule has 3 heterocycles. The van der Waals surface area contributed by atoms with E-state index >= 15 is 0 Å². The Morgan fingerprint density at radius 2 is 2.22 bits per heavy atom. The molecule has 92 valence electrons. The largest absolute Gasteiger partial charge is 0.296 e. The number of imide groups is 1. The Bertz CT molecular complexity index is 650. The highest BCUT2D eigenvalue weighted by atomic mass is 79.9. The van der Waals surface area contributed by atoms with Crippen LogP contribution in [0.15, 0.2) is 29.1 Å². The lowest BCUT2D eigenvalue weighted by molar-refractivity contribution is -0.134. The molecule has 1 atom stereocenters. The molecule has 0 spiro atoms. The van der Waals surface area contributed by atoms with Crippen LogP contribution in [0.1, 0.15) is 24.3 Å². The number of imidazole rings is 1. The van der Waals surface area contributed by atoms with Gasteiger partial charge < -0.3 is 0 Å². The van der Waals surface area contributed by atoms with Crippen LogP contribution < -0.4 is 5.32 Å². The number of halogens is 1. The molecule has 0 saturated carbocycles. The van der Waals surface area contributed by atoms with Crippen LogP contribution in [0.4, 0.5) is 0 Å². The summed E-state index contributed by atoms with van der Waals surface area (Å²) in [7, 11) is 0. The third kappa shape index (κ3) is 1.73. The maximum absolute atomic E-state index is 11.9. The lowest BCUT2D eigenvalue weighted by Gasteiger charge is -2.21. The van der Waals surface area contributed by atoms with Crippen molar-refractivity contribution in [2.75, 3.05) is 0 Å². The monoisotopic (exact) mass is 307 g/mol. The Morgan fingerprint density at radius 3 is 3.00 bits per heavy atom. The number of amides is 2. The highest BCUT2D eigenvalue weighted by Crippen LogP contribution is 2.29. The second-order valence-electron chi connectivity index (χ2n) is 4.24. The van der Waals surface area contributed by atoms with Crippen molar-refractivity contribution in [2.45, 2.75) is 18.8 Å². The zero-order valence-corrected chi connectivity index (χ0v) is 11.0. The minimum atomic E-state index is -0.305. The number of pyridine rings is 1. The van der Waals surface area contributed by atoms with Gasteiger partial charge in [0.25, 0.3) is 0 Å². The van der Waals surface area contributed by atoms with E-state index in [-0.39, 0.29) is 17.7 Å². The molecule has 1 N–H and O–H groups in total. The summed E-state index contributed by atoms with van der Waals surface area (Å²) in [5.41, 5.74) is 1.60. The SMILES string of the molecule is O=C1CCC(c2ccc(Br)n3ccnc23)C(=O)N1. The number of rotatable bonds is 1. The van der Waals surface area contributed by atoms with E-state index in [1.807, 2.05) is 22.7 Å². The first-order valence-electron chi connectivity index (χ1n) is 5.62. The summed E-state index contributed by atoms with van der Waals surface area (Å²) in [6.07, 6.45) is 4.43. The average Bonchev–Trinajstić information content (AvgIpc) is 2.81. The quantitative estimate of drug-likeness (QED) is 0.643. The molecule has 0 radical (unpaired) electrons. The smallest absolute Gasteiger partial charge is 0.234 e. The van der Waals surface area contributed by atoms with Crippen LogP contribution >= 0.6 is 15.9 Å². The topological polar surface area (TPSA) is 63.5 Å². The Hall–Kier alpha value is -1.69. The Labute approximate surface area is 111 Å². The van der Waals surface area contributed by atoms with Crippen LogP contribution in [0.25, 0.3) is 5.65 Å². The first-order valence-corrected chi connectivity index (χ1v) is 6.41. The van der Waals surface area contributed by atoms with Crippen LogP contribution in [0, 0.1) is 0 Å². The van der Waals surface area contributed by atoms with E-state index in [0.717, 1.165) is 15.8 Å². The summed E-state index contributed by atoms with van der Waals surface area (Å²) in [5.74, 6) is -0.744. The first-order chi connectivity index (χ1) is 8.66. The van der Waals surface area contributed by atoms with Crippen molar-refractivity contribution in [1.29, 1.82) is 0 Å². The molecule has 2 aromatic heterocycles. The Kier molecular flexibility index (Phi) is 2.66. The van der Waals surface area contributed by atoms with Gasteiger partial charge in [-0.1, -0.05) is 6.07 Å². The van der Waals surface area contributed by atoms with Gasteiger partial charge in [-0.15, -0.1) is 0 Å². The molecule has 0 aliphatic carbocycles. The van der Waals surface area contributed by atoms with Gasteiger partial charge in [-0.3, -0.25) is 19.3 Å². The summed E-state index contributed by atoms with van der Waals surface area (Å²) >= 11 is 3.43. The lowest BCUT2D eigenvalue weighted by atomic mass is 9.91. The van der Waals surface area contributed by atoms with Gasteiger partial charge in [0.1, 0.15) is 5.65 Å². The van der Waals surface area contributed by atoms with Crippen molar-refractivity contribution >= 4 is 33.4 Å². The van der Waals surface area contributed by atoms with E-state index in [1.54, 1.807) is 6.20 Å². The van der Waals surface area contributed by atoms with Crippen LogP contribution in [0.3, 0.4) is 0 Å². The van der Waals surface area contributed by atoms with Gasteiger partial charge in [0.05, 0.1) is 10.5 Å². The van der Waals surface area contributed by atoms with Crippen molar-refractivity contribution in [3.8, 4) is 0 Å².